The Hall–Kier alpha value is -3.59. The van der Waals surface area contributed by atoms with Crippen LogP contribution in [0, 0.1) is 18.3 Å². The van der Waals surface area contributed by atoms with Crippen molar-refractivity contribution in [1.29, 1.82) is 5.26 Å². The van der Waals surface area contributed by atoms with Gasteiger partial charge in [0.2, 0.25) is 0 Å². The van der Waals surface area contributed by atoms with Crippen LogP contribution in [0.15, 0.2) is 48.5 Å². The van der Waals surface area contributed by atoms with Crippen molar-refractivity contribution >= 4 is 11.6 Å². The quantitative estimate of drug-likeness (QED) is 0.720. The molecule has 0 saturated heterocycles. The van der Waals surface area contributed by atoms with E-state index in [1.807, 2.05) is 43.3 Å². The Kier molecular flexibility index (Phi) is 4.13. The number of fused-ring (bicyclic) bond motifs is 1. The lowest BCUT2D eigenvalue weighted by molar-refractivity contribution is 0.0973. The molecule has 1 amide bonds. The van der Waals surface area contributed by atoms with Gasteiger partial charge in [-0.1, -0.05) is 0 Å². The van der Waals surface area contributed by atoms with Gasteiger partial charge < -0.3 is 9.64 Å². The van der Waals surface area contributed by atoms with E-state index in [0.717, 1.165) is 34.8 Å². The van der Waals surface area contributed by atoms with Gasteiger partial charge in [-0.05, 0) is 61.9 Å². The summed E-state index contributed by atoms with van der Waals surface area (Å²) in [4.78, 5) is 15.0. The van der Waals surface area contributed by atoms with Crippen LogP contribution in [0.5, 0.6) is 5.75 Å². The second-order valence-electron chi connectivity index (χ2n) is 6.39. The van der Waals surface area contributed by atoms with Gasteiger partial charge >= 0.3 is 0 Å². The topological polar surface area (TPSA) is 71.2 Å². The third-order valence-corrected chi connectivity index (χ3v) is 4.84. The van der Waals surface area contributed by atoms with E-state index in [2.05, 4.69) is 11.2 Å². The van der Waals surface area contributed by atoms with E-state index < -0.39 is 0 Å². The van der Waals surface area contributed by atoms with Crippen LogP contribution in [-0.2, 0) is 6.42 Å². The second-order valence-corrected chi connectivity index (χ2v) is 6.39. The summed E-state index contributed by atoms with van der Waals surface area (Å²) >= 11 is 0. The zero-order valence-electron chi connectivity index (χ0n) is 15.1. The maximum absolute atomic E-state index is 13.3. The van der Waals surface area contributed by atoms with E-state index in [1.54, 1.807) is 28.8 Å². The minimum absolute atomic E-state index is 0.0858. The first-order chi connectivity index (χ1) is 13.1. The third kappa shape index (κ3) is 2.83. The van der Waals surface area contributed by atoms with Gasteiger partial charge in [-0.3, -0.25) is 4.79 Å². The Balaban J connectivity index is 1.75. The van der Waals surface area contributed by atoms with E-state index in [1.165, 1.54) is 0 Å². The third-order valence-electron chi connectivity index (χ3n) is 4.84. The molecule has 4 rings (SSSR count). The monoisotopic (exact) mass is 358 g/mol. The molecule has 2 aromatic carbocycles. The average Bonchev–Trinajstić information content (AvgIpc) is 3.06. The summed E-state index contributed by atoms with van der Waals surface area (Å²) in [6.07, 6.45) is 0.739. The maximum Gasteiger partial charge on any atom is 0.277 e. The summed E-state index contributed by atoms with van der Waals surface area (Å²) in [6.45, 7) is 2.52. The molecule has 0 aliphatic carbocycles. The highest BCUT2D eigenvalue weighted by atomic mass is 16.5. The number of nitrogens with zero attached hydrogens (tertiary/aromatic N) is 4. The zero-order chi connectivity index (χ0) is 19.0. The lowest BCUT2D eigenvalue weighted by Crippen LogP contribution is -2.38. The molecule has 134 valence electrons. The van der Waals surface area contributed by atoms with Crippen LogP contribution < -0.4 is 9.64 Å². The Morgan fingerprint density at radius 3 is 2.37 bits per heavy atom. The van der Waals surface area contributed by atoms with Gasteiger partial charge in [0.15, 0.2) is 0 Å². The van der Waals surface area contributed by atoms with Gasteiger partial charge in [0.05, 0.1) is 30.1 Å². The number of carbonyl (C=O) groups excluding carboxylic acids is 1. The number of carbonyl (C=O) groups is 1. The number of benzene rings is 2. The molecular formula is C21H18N4O2. The Labute approximate surface area is 157 Å². The normalized spacial score (nSPS) is 13.2. The van der Waals surface area contributed by atoms with Crippen LogP contribution in [0.4, 0.5) is 5.69 Å². The highest BCUT2D eigenvalue weighted by Crippen LogP contribution is 2.29. The molecule has 27 heavy (non-hydrogen) atoms. The minimum atomic E-state index is -0.0858. The predicted octanol–water partition coefficient (Wildman–Crippen LogP) is 3.26. The molecule has 1 aliphatic heterocycles. The largest absolute Gasteiger partial charge is 0.497 e. The molecule has 0 bridgehead atoms. The van der Waals surface area contributed by atoms with Gasteiger partial charge in [0, 0.05) is 17.8 Å². The van der Waals surface area contributed by atoms with Crippen molar-refractivity contribution in [2.24, 2.45) is 0 Å². The number of hydrogen-bond acceptors (Lipinski definition) is 4. The van der Waals surface area contributed by atoms with Gasteiger partial charge in [-0.15, -0.1) is 0 Å². The molecule has 0 spiro atoms. The van der Waals surface area contributed by atoms with Crippen molar-refractivity contribution in [3.63, 3.8) is 0 Å². The summed E-state index contributed by atoms with van der Waals surface area (Å²) in [5.41, 5.74) is 4.62. The van der Waals surface area contributed by atoms with Crippen molar-refractivity contribution < 1.29 is 9.53 Å². The molecule has 3 aromatic rings. The molecule has 1 aromatic heterocycles. The SMILES string of the molecule is COc1ccc(-n2nc(C)c3c2C(=O)N(c2ccc(C#N)cc2)CC3)cc1. The molecule has 0 radical (unpaired) electrons. The van der Waals surface area contributed by atoms with E-state index in [9.17, 15) is 4.79 Å². The van der Waals surface area contributed by atoms with Crippen LogP contribution in [0.1, 0.15) is 27.3 Å². The first kappa shape index (κ1) is 16.9. The highest BCUT2D eigenvalue weighted by Gasteiger charge is 2.32. The van der Waals surface area contributed by atoms with Crippen molar-refractivity contribution in [3.8, 4) is 17.5 Å². The summed E-state index contributed by atoms with van der Waals surface area (Å²) in [7, 11) is 1.62. The molecule has 0 N–H and O–H groups in total. The molecule has 1 aliphatic rings. The maximum atomic E-state index is 13.3. The Morgan fingerprint density at radius 2 is 1.74 bits per heavy atom. The van der Waals surface area contributed by atoms with Gasteiger partial charge in [-0.2, -0.15) is 10.4 Å². The molecule has 2 heterocycles. The lowest BCUT2D eigenvalue weighted by atomic mass is 10.0. The average molecular weight is 358 g/mol. The molecule has 0 fully saturated rings. The molecule has 0 atom stereocenters. The number of rotatable bonds is 3. The van der Waals surface area contributed by atoms with Crippen molar-refractivity contribution in [2.75, 3.05) is 18.6 Å². The Bertz CT molecular complexity index is 1040. The second kappa shape index (κ2) is 6.61. The Morgan fingerprint density at radius 1 is 1.07 bits per heavy atom. The van der Waals surface area contributed by atoms with E-state index in [0.29, 0.717) is 17.8 Å². The minimum Gasteiger partial charge on any atom is -0.497 e. The molecule has 0 unspecified atom stereocenters. The van der Waals surface area contributed by atoms with E-state index >= 15 is 0 Å². The first-order valence-electron chi connectivity index (χ1n) is 8.67. The van der Waals surface area contributed by atoms with Crippen LogP contribution in [0.25, 0.3) is 5.69 Å². The van der Waals surface area contributed by atoms with E-state index in [4.69, 9.17) is 10.00 Å². The highest BCUT2D eigenvalue weighted by molar-refractivity contribution is 6.07. The standard InChI is InChI=1S/C21H18N4O2/c1-14-19-11-12-24(16-5-3-15(13-22)4-6-16)21(26)20(19)25(23-14)17-7-9-18(27-2)10-8-17/h3-10H,11-12H2,1-2H3. The lowest BCUT2D eigenvalue weighted by Gasteiger charge is -2.27. The number of nitriles is 1. The number of amides is 1. The molecule has 6 nitrogen and oxygen atoms in total. The smallest absolute Gasteiger partial charge is 0.277 e. The summed E-state index contributed by atoms with van der Waals surface area (Å²) in [6, 6.07) is 16.6. The van der Waals surface area contributed by atoms with Crippen molar-refractivity contribution in [1.82, 2.24) is 9.78 Å². The van der Waals surface area contributed by atoms with Crippen LogP contribution >= 0.6 is 0 Å². The summed E-state index contributed by atoms with van der Waals surface area (Å²) in [5, 5.41) is 13.6. The summed E-state index contributed by atoms with van der Waals surface area (Å²) in [5.74, 6) is 0.666. The van der Waals surface area contributed by atoms with Crippen LogP contribution in [0.3, 0.4) is 0 Å². The fourth-order valence-electron chi connectivity index (χ4n) is 3.40. The number of anilines is 1. The van der Waals surface area contributed by atoms with Crippen molar-refractivity contribution in [3.05, 3.63) is 71.0 Å². The number of methoxy groups -OCH3 is 1. The number of ether oxygens (including phenoxy) is 1. The summed E-state index contributed by atoms with van der Waals surface area (Å²) < 4.78 is 6.92. The number of aryl methyl sites for hydroxylation is 1. The van der Waals surface area contributed by atoms with Gasteiger partial charge in [0.25, 0.3) is 5.91 Å². The van der Waals surface area contributed by atoms with Crippen molar-refractivity contribution in [2.45, 2.75) is 13.3 Å². The number of aromatic nitrogens is 2. The fourth-order valence-corrected chi connectivity index (χ4v) is 3.40. The molecule has 0 saturated carbocycles. The van der Waals surface area contributed by atoms with Crippen LogP contribution in [0.2, 0.25) is 0 Å². The molecule has 6 heteroatoms. The fraction of sp³-hybridized carbons (Fsp3) is 0.190. The van der Waals surface area contributed by atoms with E-state index in [-0.39, 0.29) is 5.91 Å². The zero-order valence-corrected chi connectivity index (χ0v) is 15.1. The number of hydrogen-bond donors (Lipinski definition) is 0. The molecular weight excluding hydrogens is 340 g/mol. The van der Waals surface area contributed by atoms with Crippen LogP contribution in [-0.4, -0.2) is 29.3 Å². The van der Waals surface area contributed by atoms with Gasteiger partial charge in [-0.25, -0.2) is 4.68 Å². The first-order valence-corrected chi connectivity index (χ1v) is 8.67. The predicted molar refractivity (Wildman–Crippen MR) is 101 cm³/mol. The van der Waals surface area contributed by atoms with Gasteiger partial charge in [0.1, 0.15) is 11.4 Å².